The van der Waals surface area contributed by atoms with E-state index in [0.717, 1.165) is 12.8 Å². The highest BCUT2D eigenvalue weighted by Crippen LogP contribution is 2.31. The molecule has 0 atom stereocenters. The Hall–Kier alpha value is -0.180. The number of aromatic nitrogens is 3. The monoisotopic (exact) mass is 342 g/mol. The Morgan fingerprint density at radius 3 is 2.71 bits per heavy atom. The van der Waals surface area contributed by atoms with E-state index in [1.54, 1.807) is 0 Å². The molecule has 0 unspecified atom stereocenters. The first-order valence-corrected chi connectivity index (χ1v) is 7.80. The maximum absolute atomic E-state index is 12.0. The summed E-state index contributed by atoms with van der Waals surface area (Å²) in [6.45, 7) is 0.406. The Morgan fingerprint density at radius 1 is 1.59 bits per heavy atom. The minimum absolute atomic E-state index is 0.0410. The number of alkyl halides is 1. The van der Waals surface area contributed by atoms with E-state index in [4.69, 9.17) is 11.6 Å². The standard InChI is InChI=1S/C8H12BrClN4O2S/c1-14-8(7(9)12-13-14)17(15,16)11-4-5-2-6(10)3-5/h5-6,11H,2-4H2,1H3. The van der Waals surface area contributed by atoms with Crippen LogP contribution in [-0.4, -0.2) is 35.3 Å². The summed E-state index contributed by atoms with van der Waals surface area (Å²) in [5.74, 6) is 0.326. The van der Waals surface area contributed by atoms with Gasteiger partial charge in [0.05, 0.1) is 0 Å². The number of nitrogens with zero attached hydrogens (tertiary/aromatic N) is 3. The Kier molecular flexibility index (Phi) is 3.77. The summed E-state index contributed by atoms with van der Waals surface area (Å²) in [4.78, 5) is 0. The molecular weight excluding hydrogens is 332 g/mol. The van der Waals surface area contributed by atoms with Crippen LogP contribution in [0.1, 0.15) is 12.8 Å². The SMILES string of the molecule is Cn1nnc(Br)c1S(=O)(=O)NCC1CC(Cl)C1. The minimum atomic E-state index is -3.57. The third-order valence-corrected chi connectivity index (χ3v) is 5.40. The van der Waals surface area contributed by atoms with E-state index in [2.05, 4.69) is 31.0 Å². The van der Waals surface area contributed by atoms with Crippen molar-refractivity contribution in [3.63, 3.8) is 0 Å². The van der Waals surface area contributed by atoms with Gasteiger partial charge in [-0.15, -0.1) is 16.7 Å². The summed E-state index contributed by atoms with van der Waals surface area (Å²) in [5.41, 5.74) is 0. The maximum Gasteiger partial charge on any atom is 0.260 e. The topological polar surface area (TPSA) is 76.9 Å². The summed E-state index contributed by atoms with van der Waals surface area (Å²) >= 11 is 8.90. The number of hydrogen-bond acceptors (Lipinski definition) is 4. The van der Waals surface area contributed by atoms with Gasteiger partial charge in [-0.25, -0.2) is 17.8 Å². The van der Waals surface area contributed by atoms with Gasteiger partial charge in [0.15, 0.2) is 4.60 Å². The fourth-order valence-corrected chi connectivity index (χ4v) is 4.43. The summed E-state index contributed by atoms with van der Waals surface area (Å²) in [6, 6.07) is 0. The van der Waals surface area contributed by atoms with E-state index in [1.165, 1.54) is 11.7 Å². The lowest BCUT2D eigenvalue weighted by atomic mass is 9.85. The second-order valence-electron chi connectivity index (χ2n) is 4.10. The van der Waals surface area contributed by atoms with E-state index in [0.29, 0.717) is 12.5 Å². The van der Waals surface area contributed by atoms with Crippen LogP contribution in [0.3, 0.4) is 0 Å². The maximum atomic E-state index is 12.0. The van der Waals surface area contributed by atoms with Crippen molar-refractivity contribution in [1.82, 2.24) is 19.7 Å². The van der Waals surface area contributed by atoms with E-state index >= 15 is 0 Å². The summed E-state index contributed by atoms with van der Waals surface area (Å²) in [7, 11) is -2.04. The molecule has 0 aliphatic heterocycles. The molecule has 0 spiro atoms. The molecule has 0 amide bonds. The molecule has 96 valence electrons. The van der Waals surface area contributed by atoms with Crippen molar-refractivity contribution in [3.05, 3.63) is 4.60 Å². The van der Waals surface area contributed by atoms with Gasteiger partial charge in [0.2, 0.25) is 5.03 Å². The van der Waals surface area contributed by atoms with Gasteiger partial charge in [0.1, 0.15) is 0 Å². The van der Waals surface area contributed by atoms with Gasteiger partial charge in [0, 0.05) is 19.0 Å². The lowest BCUT2D eigenvalue weighted by Gasteiger charge is -2.30. The Morgan fingerprint density at radius 2 is 2.24 bits per heavy atom. The van der Waals surface area contributed by atoms with Gasteiger partial charge in [-0.05, 0) is 34.7 Å². The van der Waals surface area contributed by atoms with Crippen LogP contribution < -0.4 is 4.72 Å². The molecule has 1 aliphatic carbocycles. The molecule has 17 heavy (non-hydrogen) atoms. The van der Waals surface area contributed by atoms with Crippen LogP contribution in [-0.2, 0) is 17.1 Å². The molecule has 1 fully saturated rings. The van der Waals surface area contributed by atoms with Crippen LogP contribution in [0, 0.1) is 5.92 Å². The van der Waals surface area contributed by atoms with Crippen molar-refractivity contribution in [2.24, 2.45) is 13.0 Å². The van der Waals surface area contributed by atoms with E-state index in [9.17, 15) is 8.42 Å². The van der Waals surface area contributed by atoms with Gasteiger partial charge < -0.3 is 0 Å². The van der Waals surface area contributed by atoms with E-state index in [1.807, 2.05) is 0 Å². The van der Waals surface area contributed by atoms with Crippen LogP contribution in [0.4, 0.5) is 0 Å². The third-order valence-electron chi connectivity index (χ3n) is 2.73. The molecule has 1 N–H and O–H groups in total. The Bertz CT molecular complexity index is 492. The lowest BCUT2D eigenvalue weighted by Crippen LogP contribution is -2.37. The zero-order chi connectivity index (χ0) is 12.6. The second kappa shape index (κ2) is 4.83. The summed E-state index contributed by atoms with van der Waals surface area (Å²) < 4.78 is 28.0. The van der Waals surface area contributed by atoms with Crippen molar-refractivity contribution in [1.29, 1.82) is 0 Å². The van der Waals surface area contributed by atoms with Gasteiger partial charge >= 0.3 is 0 Å². The Labute approximate surface area is 113 Å². The van der Waals surface area contributed by atoms with Gasteiger partial charge in [0.25, 0.3) is 10.0 Å². The first-order valence-electron chi connectivity index (χ1n) is 5.09. The number of rotatable bonds is 4. The zero-order valence-electron chi connectivity index (χ0n) is 9.10. The molecule has 0 bridgehead atoms. The number of sulfonamides is 1. The molecule has 2 rings (SSSR count). The Balaban J connectivity index is 2.04. The normalized spacial score (nSPS) is 24.6. The largest absolute Gasteiger partial charge is 0.260 e. The highest BCUT2D eigenvalue weighted by Gasteiger charge is 2.30. The molecule has 1 aromatic heterocycles. The number of hydrogen-bond donors (Lipinski definition) is 1. The molecular formula is C8H12BrClN4O2S. The minimum Gasteiger partial charge on any atom is -0.235 e. The highest BCUT2D eigenvalue weighted by atomic mass is 79.9. The van der Waals surface area contributed by atoms with Gasteiger partial charge in [-0.2, -0.15) is 0 Å². The zero-order valence-corrected chi connectivity index (χ0v) is 12.3. The molecule has 6 nitrogen and oxygen atoms in total. The molecule has 1 saturated carbocycles. The first kappa shape index (κ1) is 13.3. The first-order chi connectivity index (χ1) is 7.90. The fourth-order valence-electron chi connectivity index (χ4n) is 1.72. The van der Waals surface area contributed by atoms with Crippen molar-refractivity contribution < 1.29 is 8.42 Å². The molecule has 0 saturated heterocycles. The molecule has 1 aliphatic rings. The van der Waals surface area contributed by atoms with Gasteiger partial charge in [-0.1, -0.05) is 5.21 Å². The van der Waals surface area contributed by atoms with Crippen LogP contribution in [0.5, 0.6) is 0 Å². The number of halogens is 2. The average molecular weight is 344 g/mol. The molecule has 0 radical (unpaired) electrons. The van der Waals surface area contributed by atoms with Crippen LogP contribution >= 0.6 is 27.5 Å². The molecule has 1 aromatic rings. The second-order valence-corrected chi connectivity index (χ2v) is 7.15. The van der Waals surface area contributed by atoms with Crippen LogP contribution in [0.2, 0.25) is 0 Å². The van der Waals surface area contributed by atoms with Crippen molar-refractivity contribution in [3.8, 4) is 0 Å². The quantitative estimate of drug-likeness (QED) is 0.823. The lowest BCUT2D eigenvalue weighted by molar-refractivity contribution is 0.323. The number of nitrogens with one attached hydrogen (secondary N) is 1. The number of aryl methyl sites for hydroxylation is 1. The van der Waals surface area contributed by atoms with Crippen LogP contribution in [0.15, 0.2) is 9.63 Å². The van der Waals surface area contributed by atoms with Crippen molar-refractivity contribution in [2.45, 2.75) is 23.2 Å². The molecule has 0 aromatic carbocycles. The van der Waals surface area contributed by atoms with E-state index in [-0.39, 0.29) is 15.0 Å². The van der Waals surface area contributed by atoms with Crippen LogP contribution in [0.25, 0.3) is 0 Å². The average Bonchev–Trinajstić information content (AvgIpc) is 2.52. The summed E-state index contributed by atoms with van der Waals surface area (Å²) in [5, 5.41) is 7.51. The van der Waals surface area contributed by atoms with Gasteiger partial charge in [-0.3, -0.25) is 0 Å². The molecule has 9 heteroatoms. The van der Waals surface area contributed by atoms with Crippen molar-refractivity contribution in [2.75, 3.05) is 6.54 Å². The van der Waals surface area contributed by atoms with E-state index < -0.39 is 10.0 Å². The third kappa shape index (κ3) is 2.81. The summed E-state index contributed by atoms with van der Waals surface area (Å²) in [6.07, 6.45) is 1.71. The molecule has 1 heterocycles. The highest BCUT2D eigenvalue weighted by molar-refractivity contribution is 9.10. The smallest absolute Gasteiger partial charge is 0.235 e. The predicted molar refractivity (Wildman–Crippen MR) is 66.3 cm³/mol. The predicted octanol–water partition coefficient (Wildman–Crippen LogP) is 0.873. The fraction of sp³-hybridized carbons (Fsp3) is 0.750. The van der Waals surface area contributed by atoms with Crippen molar-refractivity contribution >= 4 is 37.6 Å².